The van der Waals surface area contributed by atoms with Gasteiger partial charge < -0.3 is 5.32 Å². The van der Waals surface area contributed by atoms with Crippen LogP contribution in [0.4, 0.5) is 5.82 Å². The second-order valence-electron chi connectivity index (χ2n) is 6.48. The van der Waals surface area contributed by atoms with Gasteiger partial charge in [-0.15, -0.1) is 0 Å². The highest BCUT2D eigenvalue weighted by atomic mass is 35.5. The molecule has 1 fully saturated rings. The molecule has 4 rings (SSSR count). The second kappa shape index (κ2) is 7.10. The summed E-state index contributed by atoms with van der Waals surface area (Å²) in [5.74, 6) is 0.168. The van der Waals surface area contributed by atoms with Crippen LogP contribution in [-0.4, -0.2) is 38.7 Å². The van der Waals surface area contributed by atoms with Gasteiger partial charge in [-0.3, -0.25) is 9.36 Å². The Morgan fingerprint density at radius 3 is 2.64 bits per heavy atom. The van der Waals surface area contributed by atoms with Crippen molar-refractivity contribution in [1.29, 1.82) is 0 Å². The predicted molar refractivity (Wildman–Crippen MR) is 104 cm³/mol. The van der Waals surface area contributed by atoms with Crippen LogP contribution in [0.25, 0.3) is 11.2 Å². The molecule has 3 aromatic rings. The molecular formula is C17H17ClN6O3S. The number of anilines is 1. The van der Waals surface area contributed by atoms with Gasteiger partial charge in [-0.2, -0.15) is 4.98 Å². The Bertz CT molecular complexity index is 1210. The molecule has 0 atom stereocenters. The van der Waals surface area contributed by atoms with Gasteiger partial charge in [-0.25, -0.2) is 23.4 Å². The summed E-state index contributed by atoms with van der Waals surface area (Å²) < 4.78 is 25.3. The van der Waals surface area contributed by atoms with Crippen molar-refractivity contribution in [3.8, 4) is 0 Å². The molecule has 0 aromatic carbocycles. The summed E-state index contributed by atoms with van der Waals surface area (Å²) in [6.45, 7) is 1.84. The van der Waals surface area contributed by atoms with Gasteiger partial charge in [0.1, 0.15) is 5.52 Å². The highest BCUT2D eigenvalue weighted by Gasteiger charge is 2.28. The van der Waals surface area contributed by atoms with Crippen LogP contribution < -0.4 is 10.9 Å². The number of fused-ring (bicyclic) bond motifs is 1. The van der Waals surface area contributed by atoms with Gasteiger partial charge in [0.15, 0.2) is 26.3 Å². The summed E-state index contributed by atoms with van der Waals surface area (Å²) in [6.07, 6.45) is 4.76. The zero-order chi connectivity index (χ0) is 19.9. The Balaban J connectivity index is 1.63. The topological polar surface area (TPSA) is 120 Å². The quantitative estimate of drug-likeness (QED) is 0.601. The smallest absolute Gasteiger partial charge is 0.295 e. The lowest BCUT2D eigenvalue weighted by Crippen LogP contribution is -2.25. The summed E-state index contributed by atoms with van der Waals surface area (Å²) in [4.78, 5) is 29.3. The summed E-state index contributed by atoms with van der Waals surface area (Å²) in [7, 11) is -3.35. The van der Waals surface area contributed by atoms with Gasteiger partial charge in [0.05, 0.1) is 11.9 Å². The Kier molecular flexibility index (Phi) is 4.76. The predicted octanol–water partition coefficient (Wildman–Crippen LogP) is 1.98. The maximum Gasteiger partial charge on any atom is 0.295 e. The third-order valence-electron chi connectivity index (χ3n) is 4.47. The van der Waals surface area contributed by atoms with Crippen LogP contribution >= 0.6 is 11.6 Å². The molecule has 146 valence electrons. The number of sulfone groups is 1. The Morgan fingerprint density at radius 2 is 2.00 bits per heavy atom. The molecule has 1 saturated carbocycles. The zero-order valence-electron chi connectivity index (χ0n) is 15.0. The van der Waals surface area contributed by atoms with Crippen molar-refractivity contribution < 1.29 is 8.42 Å². The first kappa shape index (κ1) is 18.8. The van der Waals surface area contributed by atoms with Crippen LogP contribution in [-0.2, 0) is 16.4 Å². The fourth-order valence-corrected chi connectivity index (χ4v) is 3.71. The van der Waals surface area contributed by atoms with Gasteiger partial charge in [0.2, 0.25) is 5.28 Å². The molecule has 3 aromatic heterocycles. The molecule has 3 heterocycles. The first-order chi connectivity index (χ1) is 13.4. The molecule has 1 aliphatic rings. The molecule has 11 heteroatoms. The number of nitrogens with zero attached hydrogens (tertiary/aromatic N) is 5. The number of pyridine rings is 1. The van der Waals surface area contributed by atoms with Crippen LogP contribution in [0.3, 0.4) is 0 Å². The van der Waals surface area contributed by atoms with E-state index in [4.69, 9.17) is 11.6 Å². The van der Waals surface area contributed by atoms with E-state index in [1.54, 1.807) is 17.6 Å². The lowest BCUT2D eigenvalue weighted by Gasteiger charge is -2.12. The fourth-order valence-electron chi connectivity index (χ4n) is 2.80. The number of hydrogen-bond acceptors (Lipinski definition) is 8. The Morgan fingerprint density at radius 1 is 1.21 bits per heavy atom. The molecule has 0 amide bonds. The van der Waals surface area contributed by atoms with E-state index in [0.717, 1.165) is 18.4 Å². The van der Waals surface area contributed by atoms with Crippen LogP contribution in [0, 0.1) is 0 Å². The highest BCUT2D eigenvalue weighted by Crippen LogP contribution is 2.35. The molecule has 1 aliphatic carbocycles. The van der Waals surface area contributed by atoms with Gasteiger partial charge in [-0.05, 0) is 36.1 Å². The maximum atomic E-state index is 12.9. The molecule has 0 saturated heterocycles. The Hall–Kier alpha value is -2.59. The van der Waals surface area contributed by atoms with E-state index in [-0.39, 0.29) is 40.0 Å². The third kappa shape index (κ3) is 3.57. The van der Waals surface area contributed by atoms with Crippen LogP contribution in [0.1, 0.15) is 31.4 Å². The molecular weight excluding hydrogens is 404 g/mol. The maximum absolute atomic E-state index is 12.9. The van der Waals surface area contributed by atoms with Crippen LogP contribution in [0.2, 0.25) is 5.28 Å². The Labute approximate surface area is 165 Å². The SMILES string of the molecule is CCS(=O)(=O)c1ccc(CNc2nc3cnc(Cl)nc3n(C3CC3)c2=O)cn1. The molecule has 0 spiro atoms. The highest BCUT2D eigenvalue weighted by molar-refractivity contribution is 7.91. The average Bonchev–Trinajstić information content (AvgIpc) is 3.52. The van der Waals surface area contributed by atoms with E-state index < -0.39 is 9.84 Å². The standard InChI is InChI=1S/C17H17ClN6O3S/c1-2-28(26,27)13-6-3-10(7-19-13)8-20-14-16(25)24(11-4-5-11)15-12(22-14)9-21-17(18)23-15/h3,6-7,9,11H,2,4-5,8H2,1H3,(H,20,22). The first-order valence-electron chi connectivity index (χ1n) is 8.75. The lowest BCUT2D eigenvalue weighted by molar-refractivity contribution is 0.593. The van der Waals surface area contributed by atoms with E-state index in [0.29, 0.717) is 11.2 Å². The van der Waals surface area contributed by atoms with Crippen molar-refractivity contribution in [2.24, 2.45) is 0 Å². The van der Waals surface area contributed by atoms with Crippen molar-refractivity contribution >= 4 is 38.4 Å². The van der Waals surface area contributed by atoms with Gasteiger partial charge in [-0.1, -0.05) is 13.0 Å². The number of halogens is 1. The van der Waals surface area contributed by atoms with E-state index in [1.807, 2.05) is 0 Å². The number of rotatable bonds is 6. The van der Waals surface area contributed by atoms with Crippen molar-refractivity contribution in [1.82, 2.24) is 24.5 Å². The van der Waals surface area contributed by atoms with E-state index in [2.05, 4.69) is 25.3 Å². The van der Waals surface area contributed by atoms with Crippen LogP contribution in [0.5, 0.6) is 0 Å². The summed E-state index contributed by atoms with van der Waals surface area (Å²) in [5, 5.41) is 3.11. The molecule has 9 nitrogen and oxygen atoms in total. The third-order valence-corrected chi connectivity index (χ3v) is 6.29. The minimum absolute atomic E-state index is 0.00853. The van der Waals surface area contributed by atoms with E-state index in [9.17, 15) is 13.2 Å². The molecule has 1 N–H and O–H groups in total. The largest absolute Gasteiger partial charge is 0.361 e. The molecule has 0 radical (unpaired) electrons. The van der Waals surface area contributed by atoms with Crippen molar-refractivity contribution in [3.63, 3.8) is 0 Å². The summed E-state index contributed by atoms with van der Waals surface area (Å²) in [5.41, 5.74) is 1.35. The fraction of sp³-hybridized carbons (Fsp3) is 0.353. The van der Waals surface area contributed by atoms with Gasteiger partial charge in [0, 0.05) is 18.8 Å². The lowest BCUT2D eigenvalue weighted by atomic mass is 10.3. The number of nitrogens with one attached hydrogen (secondary N) is 1. The minimum Gasteiger partial charge on any atom is -0.361 e. The average molecular weight is 421 g/mol. The molecule has 0 aliphatic heterocycles. The van der Waals surface area contributed by atoms with Gasteiger partial charge >= 0.3 is 0 Å². The number of hydrogen-bond donors (Lipinski definition) is 1. The number of aromatic nitrogens is 5. The normalized spacial score (nSPS) is 14.4. The van der Waals surface area contributed by atoms with Crippen molar-refractivity contribution in [3.05, 3.63) is 45.7 Å². The van der Waals surface area contributed by atoms with Crippen molar-refractivity contribution in [2.75, 3.05) is 11.1 Å². The van der Waals surface area contributed by atoms with Crippen LogP contribution in [0.15, 0.2) is 34.3 Å². The zero-order valence-corrected chi connectivity index (χ0v) is 16.5. The second-order valence-corrected chi connectivity index (χ2v) is 9.04. The first-order valence-corrected chi connectivity index (χ1v) is 10.8. The van der Waals surface area contributed by atoms with E-state index in [1.165, 1.54) is 18.5 Å². The van der Waals surface area contributed by atoms with E-state index >= 15 is 0 Å². The van der Waals surface area contributed by atoms with Crippen molar-refractivity contribution in [2.45, 2.75) is 37.4 Å². The molecule has 0 unspecified atom stereocenters. The monoisotopic (exact) mass is 420 g/mol. The summed E-state index contributed by atoms with van der Waals surface area (Å²) in [6, 6.07) is 3.21. The molecule has 28 heavy (non-hydrogen) atoms. The molecule has 0 bridgehead atoms. The van der Waals surface area contributed by atoms with Gasteiger partial charge in [0.25, 0.3) is 5.56 Å². The summed E-state index contributed by atoms with van der Waals surface area (Å²) >= 11 is 5.87. The minimum atomic E-state index is -3.35.